The molecule has 13 heavy (non-hydrogen) atoms. The second kappa shape index (κ2) is 4.64. The molecule has 0 aromatic carbocycles. The Hall–Kier alpha value is 0.230. The lowest BCUT2D eigenvalue weighted by atomic mass is 10.0. The minimum absolute atomic E-state index is 0.104. The molecule has 78 valence electrons. The normalized spacial score (nSPS) is 23.0. The molecule has 0 saturated heterocycles. The van der Waals surface area contributed by atoms with Gasteiger partial charge in [-0.05, 0) is 19.3 Å². The van der Waals surface area contributed by atoms with Crippen molar-refractivity contribution in [3.63, 3.8) is 0 Å². The van der Waals surface area contributed by atoms with Gasteiger partial charge in [0.15, 0.2) is 0 Å². The highest BCUT2D eigenvalue weighted by atomic mass is 31.1. The van der Waals surface area contributed by atoms with Crippen LogP contribution in [0.2, 0.25) is 0 Å². The highest BCUT2D eigenvalue weighted by Gasteiger charge is 2.30. The van der Waals surface area contributed by atoms with Gasteiger partial charge in [0.2, 0.25) is 0 Å². The molecule has 1 saturated carbocycles. The van der Waals surface area contributed by atoms with Crippen molar-refractivity contribution in [3.05, 3.63) is 0 Å². The summed E-state index contributed by atoms with van der Waals surface area (Å²) >= 11 is 0. The summed E-state index contributed by atoms with van der Waals surface area (Å²) in [7, 11) is -1.37. The molecule has 0 amide bonds. The molecule has 1 rings (SSSR count). The largest absolute Gasteiger partial charge is 0.326 e. The van der Waals surface area contributed by atoms with Crippen LogP contribution in [0.25, 0.3) is 0 Å². The maximum Gasteiger partial charge on any atom is 0.0844 e. The van der Waals surface area contributed by atoms with Crippen LogP contribution in [-0.2, 0) is 4.57 Å². The maximum atomic E-state index is 12.2. The molecule has 0 radical (unpaired) electrons. The average molecular weight is 202 g/mol. The van der Waals surface area contributed by atoms with E-state index in [-0.39, 0.29) is 5.16 Å². The van der Waals surface area contributed by atoms with E-state index in [0.717, 1.165) is 6.42 Å². The van der Waals surface area contributed by atoms with Crippen LogP contribution in [0.5, 0.6) is 0 Å². The zero-order valence-corrected chi connectivity index (χ0v) is 10.2. The van der Waals surface area contributed by atoms with Crippen LogP contribution in [0, 0.1) is 0 Å². The molecule has 1 fully saturated rings. The lowest BCUT2D eigenvalue weighted by Gasteiger charge is -2.30. The van der Waals surface area contributed by atoms with Gasteiger partial charge in [-0.1, -0.05) is 40.0 Å². The van der Waals surface area contributed by atoms with E-state index < -0.39 is 7.80 Å². The Morgan fingerprint density at radius 1 is 1.23 bits per heavy atom. The summed E-state index contributed by atoms with van der Waals surface area (Å²) in [6, 6.07) is 0. The first kappa shape index (κ1) is 11.3. The second-order valence-corrected chi connectivity index (χ2v) is 7.84. The van der Waals surface area contributed by atoms with E-state index in [9.17, 15) is 4.57 Å². The first-order valence-corrected chi connectivity index (χ1v) is 7.11. The number of rotatable bonds is 3. The topological polar surface area (TPSA) is 17.1 Å². The van der Waals surface area contributed by atoms with Crippen molar-refractivity contribution in [2.75, 3.05) is 0 Å². The van der Waals surface area contributed by atoms with Gasteiger partial charge in [0.05, 0.1) is 7.80 Å². The van der Waals surface area contributed by atoms with Crippen LogP contribution in [0.15, 0.2) is 0 Å². The predicted octanol–water partition coefficient (Wildman–Crippen LogP) is 4.07. The maximum absolute atomic E-state index is 12.2. The third-order valence-electron chi connectivity index (χ3n) is 3.53. The minimum Gasteiger partial charge on any atom is -0.326 e. The fourth-order valence-corrected chi connectivity index (χ4v) is 4.48. The van der Waals surface area contributed by atoms with Gasteiger partial charge >= 0.3 is 0 Å². The SMILES string of the molecule is CCC(C)(C)[PH](=O)C1CCCCC1. The average Bonchev–Trinajstić information content (AvgIpc) is 2.18. The molecule has 1 unspecified atom stereocenters. The van der Waals surface area contributed by atoms with E-state index >= 15 is 0 Å². The molecular formula is C11H23OP. The summed E-state index contributed by atoms with van der Waals surface area (Å²) < 4.78 is 12.2. The monoisotopic (exact) mass is 202 g/mol. The molecule has 0 spiro atoms. The van der Waals surface area contributed by atoms with Gasteiger partial charge in [-0.3, -0.25) is 0 Å². The van der Waals surface area contributed by atoms with Gasteiger partial charge in [-0.25, -0.2) is 0 Å². The van der Waals surface area contributed by atoms with Crippen LogP contribution >= 0.6 is 7.80 Å². The first-order chi connectivity index (χ1) is 6.08. The minimum atomic E-state index is -1.37. The van der Waals surface area contributed by atoms with Gasteiger partial charge in [-0.15, -0.1) is 0 Å². The quantitative estimate of drug-likeness (QED) is 0.630. The van der Waals surface area contributed by atoms with Gasteiger partial charge in [0, 0.05) is 10.8 Å². The fourth-order valence-electron chi connectivity index (χ4n) is 2.09. The molecule has 0 aromatic rings. The van der Waals surface area contributed by atoms with Gasteiger partial charge in [0.25, 0.3) is 0 Å². The molecule has 1 atom stereocenters. The summed E-state index contributed by atoms with van der Waals surface area (Å²) in [5.74, 6) is 0. The van der Waals surface area contributed by atoms with Gasteiger partial charge in [-0.2, -0.15) is 0 Å². The van der Waals surface area contributed by atoms with Crippen molar-refractivity contribution in [1.82, 2.24) is 0 Å². The van der Waals surface area contributed by atoms with E-state index in [1.54, 1.807) is 0 Å². The lowest BCUT2D eigenvalue weighted by molar-refractivity contribution is 0.473. The molecular weight excluding hydrogens is 179 g/mol. The Labute approximate surface area is 83.1 Å². The molecule has 0 N–H and O–H groups in total. The summed E-state index contributed by atoms with van der Waals surface area (Å²) in [6.45, 7) is 6.50. The van der Waals surface area contributed by atoms with Crippen molar-refractivity contribution in [2.24, 2.45) is 0 Å². The summed E-state index contributed by atoms with van der Waals surface area (Å²) in [5.41, 5.74) is 0.564. The van der Waals surface area contributed by atoms with Crippen LogP contribution in [0.1, 0.15) is 59.3 Å². The Bertz CT molecular complexity index is 181. The van der Waals surface area contributed by atoms with Crippen molar-refractivity contribution in [1.29, 1.82) is 0 Å². The van der Waals surface area contributed by atoms with Crippen LogP contribution in [-0.4, -0.2) is 10.8 Å². The molecule has 1 nitrogen and oxygen atoms in total. The van der Waals surface area contributed by atoms with Crippen LogP contribution in [0.4, 0.5) is 0 Å². The van der Waals surface area contributed by atoms with Crippen molar-refractivity contribution in [2.45, 2.75) is 70.1 Å². The summed E-state index contributed by atoms with van der Waals surface area (Å²) in [5, 5.41) is 0.104. The standard InChI is InChI=1S/C11H23OP/c1-4-11(2,3)13(12)10-8-6-5-7-9-10/h10,13H,4-9H2,1-3H3. The fraction of sp³-hybridized carbons (Fsp3) is 1.00. The third kappa shape index (κ3) is 2.84. The predicted molar refractivity (Wildman–Crippen MR) is 60.2 cm³/mol. The van der Waals surface area contributed by atoms with Crippen molar-refractivity contribution < 1.29 is 4.57 Å². The molecule has 0 aromatic heterocycles. The summed E-state index contributed by atoms with van der Waals surface area (Å²) in [4.78, 5) is 0. The molecule has 0 bridgehead atoms. The Balaban J connectivity index is 2.55. The summed E-state index contributed by atoms with van der Waals surface area (Å²) in [6.07, 6.45) is 7.48. The van der Waals surface area contributed by atoms with Crippen molar-refractivity contribution in [3.8, 4) is 0 Å². The van der Waals surface area contributed by atoms with Gasteiger partial charge < -0.3 is 4.57 Å². The molecule has 1 aliphatic carbocycles. The molecule has 0 heterocycles. The van der Waals surface area contributed by atoms with Crippen LogP contribution < -0.4 is 0 Å². The highest BCUT2D eigenvalue weighted by Crippen LogP contribution is 2.49. The van der Waals surface area contributed by atoms with E-state index in [4.69, 9.17) is 0 Å². The zero-order chi connectivity index (χ0) is 9.90. The Morgan fingerprint density at radius 2 is 1.77 bits per heavy atom. The smallest absolute Gasteiger partial charge is 0.0844 e. The highest BCUT2D eigenvalue weighted by molar-refractivity contribution is 7.47. The van der Waals surface area contributed by atoms with E-state index in [1.807, 2.05) is 0 Å². The Morgan fingerprint density at radius 3 is 2.23 bits per heavy atom. The van der Waals surface area contributed by atoms with E-state index in [0.29, 0.717) is 5.66 Å². The number of hydrogen-bond donors (Lipinski definition) is 0. The molecule has 0 aliphatic heterocycles. The zero-order valence-electron chi connectivity index (χ0n) is 9.23. The third-order valence-corrected chi connectivity index (χ3v) is 6.53. The molecule has 2 heteroatoms. The van der Waals surface area contributed by atoms with E-state index in [1.165, 1.54) is 32.1 Å². The second-order valence-electron chi connectivity index (χ2n) is 4.94. The molecule has 1 aliphatic rings. The van der Waals surface area contributed by atoms with Crippen LogP contribution in [0.3, 0.4) is 0 Å². The Kier molecular flexibility index (Phi) is 4.04. The first-order valence-electron chi connectivity index (χ1n) is 5.62. The van der Waals surface area contributed by atoms with Gasteiger partial charge in [0.1, 0.15) is 0 Å². The van der Waals surface area contributed by atoms with Crippen molar-refractivity contribution >= 4 is 7.80 Å². The number of hydrogen-bond acceptors (Lipinski definition) is 1. The lowest BCUT2D eigenvalue weighted by Crippen LogP contribution is -2.20. The van der Waals surface area contributed by atoms with E-state index in [2.05, 4.69) is 20.8 Å².